The molecule has 0 N–H and O–H groups in total. The Bertz CT molecular complexity index is 912. The van der Waals surface area contributed by atoms with Gasteiger partial charge in [0.05, 0.1) is 22.9 Å². The Morgan fingerprint density at radius 3 is 2.75 bits per heavy atom. The number of carbonyl (C=O) groups excluding carboxylic acids is 1. The summed E-state index contributed by atoms with van der Waals surface area (Å²) in [7, 11) is 0. The van der Waals surface area contributed by atoms with Gasteiger partial charge in [0.2, 0.25) is 0 Å². The summed E-state index contributed by atoms with van der Waals surface area (Å²) in [4.78, 5) is 24.9. The second-order valence-corrected chi connectivity index (χ2v) is 7.37. The molecule has 24 heavy (non-hydrogen) atoms. The monoisotopic (exact) mass is 335 g/mol. The summed E-state index contributed by atoms with van der Waals surface area (Å²) in [5.74, 6) is -0.0876. The van der Waals surface area contributed by atoms with Crippen LogP contribution in [0.1, 0.15) is 23.8 Å². The molecule has 2 heterocycles. The lowest BCUT2D eigenvalue weighted by Crippen LogP contribution is -2.33. The van der Waals surface area contributed by atoms with Gasteiger partial charge in [0.15, 0.2) is 0 Å². The van der Waals surface area contributed by atoms with E-state index < -0.39 is 0 Å². The standard InChI is InChI=1S/C19H17N3OS/c1-13-10-11-22(17-8-4-5-9-18(17)24-13)19(23)16-12-20-14-6-2-3-7-15(14)21-16/h2-9,12-13H,10-11H2,1H3/t13-/m0/s1. The van der Waals surface area contributed by atoms with Crippen LogP contribution in [0.2, 0.25) is 0 Å². The molecule has 120 valence electrons. The Hall–Kier alpha value is -2.40. The Morgan fingerprint density at radius 2 is 1.88 bits per heavy atom. The molecule has 4 nitrogen and oxygen atoms in total. The van der Waals surface area contributed by atoms with Gasteiger partial charge in [-0.2, -0.15) is 0 Å². The zero-order valence-corrected chi connectivity index (χ0v) is 14.2. The third kappa shape index (κ3) is 2.76. The molecule has 0 bridgehead atoms. The molecular formula is C19H17N3OS. The third-order valence-electron chi connectivity index (χ3n) is 4.16. The first kappa shape index (κ1) is 15.1. The third-order valence-corrected chi connectivity index (χ3v) is 5.39. The number of benzene rings is 2. The van der Waals surface area contributed by atoms with Crippen LogP contribution in [-0.2, 0) is 0 Å². The SMILES string of the molecule is C[C@H]1CCN(C(=O)c2cnc3ccccc3n2)c2ccccc2S1. The molecular weight excluding hydrogens is 318 g/mol. The van der Waals surface area contributed by atoms with Crippen LogP contribution in [0.4, 0.5) is 5.69 Å². The van der Waals surface area contributed by atoms with E-state index in [9.17, 15) is 4.79 Å². The maximum atomic E-state index is 13.1. The molecule has 0 aliphatic carbocycles. The Morgan fingerprint density at radius 1 is 1.12 bits per heavy atom. The normalized spacial score (nSPS) is 17.4. The predicted octanol–water partition coefficient (Wildman–Crippen LogP) is 4.16. The zero-order chi connectivity index (χ0) is 16.5. The van der Waals surface area contributed by atoms with E-state index in [2.05, 4.69) is 23.0 Å². The van der Waals surface area contributed by atoms with Crippen molar-refractivity contribution in [3.05, 3.63) is 60.4 Å². The smallest absolute Gasteiger partial charge is 0.278 e. The van der Waals surface area contributed by atoms with Crippen molar-refractivity contribution in [3.63, 3.8) is 0 Å². The fraction of sp³-hybridized carbons (Fsp3) is 0.211. The molecule has 0 saturated heterocycles. The van der Waals surface area contributed by atoms with Crippen molar-refractivity contribution in [1.82, 2.24) is 9.97 Å². The number of anilines is 1. The number of para-hydroxylation sites is 3. The lowest BCUT2D eigenvalue weighted by atomic mass is 10.2. The largest absolute Gasteiger partial charge is 0.306 e. The minimum Gasteiger partial charge on any atom is -0.306 e. The highest BCUT2D eigenvalue weighted by Crippen LogP contribution is 2.37. The van der Waals surface area contributed by atoms with E-state index in [1.54, 1.807) is 6.20 Å². The first-order valence-corrected chi connectivity index (χ1v) is 8.90. The van der Waals surface area contributed by atoms with Crippen LogP contribution < -0.4 is 4.90 Å². The molecule has 1 amide bonds. The number of amides is 1. The number of aromatic nitrogens is 2. The number of nitrogens with zero attached hydrogens (tertiary/aromatic N) is 3. The van der Waals surface area contributed by atoms with Crippen LogP contribution >= 0.6 is 11.8 Å². The summed E-state index contributed by atoms with van der Waals surface area (Å²) in [5, 5.41) is 0.478. The molecule has 3 aromatic rings. The first-order chi connectivity index (χ1) is 11.7. The van der Waals surface area contributed by atoms with Crippen molar-refractivity contribution < 1.29 is 4.79 Å². The molecule has 0 spiro atoms. The summed E-state index contributed by atoms with van der Waals surface area (Å²) >= 11 is 1.82. The van der Waals surface area contributed by atoms with Crippen molar-refractivity contribution in [2.75, 3.05) is 11.4 Å². The van der Waals surface area contributed by atoms with Crippen molar-refractivity contribution >= 4 is 34.4 Å². The van der Waals surface area contributed by atoms with Gasteiger partial charge in [0.1, 0.15) is 5.69 Å². The van der Waals surface area contributed by atoms with Crippen molar-refractivity contribution in [1.29, 1.82) is 0 Å². The fourth-order valence-corrected chi connectivity index (χ4v) is 4.01. The van der Waals surface area contributed by atoms with Gasteiger partial charge < -0.3 is 4.90 Å². The van der Waals surface area contributed by atoms with Crippen LogP contribution in [0.3, 0.4) is 0 Å². The number of carbonyl (C=O) groups is 1. The lowest BCUT2D eigenvalue weighted by molar-refractivity contribution is 0.0981. The molecule has 2 aromatic carbocycles. The maximum Gasteiger partial charge on any atom is 0.278 e. The summed E-state index contributed by atoms with van der Waals surface area (Å²) < 4.78 is 0. The van der Waals surface area contributed by atoms with Gasteiger partial charge >= 0.3 is 0 Å². The van der Waals surface area contributed by atoms with Crippen LogP contribution in [0.15, 0.2) is 59.6 Å². The minimum atomic E-state index is -0.0876. The van der Waals surface area contributed by atoms with Gasteiger partial charge in [-0.1, -0.05) is 31.2 Å². The molecule has 1 aliphatic heterocycles. The van der Waals surface area contributed by atoms with Gasteiger partial charge in [-0.15, -0.1) is 11.8 Å². The molecule has 1 aliphatic rings. The van der Waals surface area contributed by atoms with Crippen molar-refractivity contribution in [2.24, 2.45) is 0 Å². The van der Waals surface area contributed by atoms with Crippen molar-refractivity contribution in [2.45, 2.75) is 23.5 Å². The summed E-state index contributed by atoms with van der Waals surface area (Å²) in [6, 6.07) is 15.7. The number of rotatable bonds is 1. The van der Waals surface area contributed by atoms with Crippen LogP contribution in [0.25, 0.3) is 11.0 Å². The van der Waals surface area contributed by atoms with Crippen molar-refractivity contribution in [3.8, 4) is 0 Å². The summed E-state index contributed by atoms with van der Waals surface area (Å²) in [6.45, 7) is 2.89. The van der Waals surface area contributed by atoms with Gasteiger partial charge in [-0.25, -0.2) is 4.98 Å². The predicted molar refractivity (Wildman–Crippen MR) is 97.6 cm³/mol. The van der Waals surface area contributed by atoms with E-state index in [0.29, 0.717) is 17.5 Å². The number of thioether (sulfide) groups is 1. The molecule has 0 radical (unpaired) electrons. The molecule has 5 heteroatoms. The quantitative estimate of drug-likeness (QED) is 0.670. The molecule has 0 unspecified atom stereocenters. The molecule has 0 fully saturated rings. The highest BCUT2D eigenvalue weighted by molar-refractivity contribution is 8.00. The number of fused-ring (bicyclic) bond motifs is 2. The Kier molecular flexibility index (Phi) is 3.94. The number of hydrogen-bond acceptors (Lipinski definition) is 4. The number of hydrogen-bond donors (Lipinski definition) is 0. The zero-order valence-electron chi connectivity index (χ0n) is 13.3. The highest BCUT2D eigenvalue weighted by Gasteiger charge is 2.26. The van der Waals surface area contributed by atoms with E-state index >= 15 is 0 Å². The van der Waals surface area contributed by atoms with E-state index in [1.807, 2.05) is 59.1 Å². The summed E-state index contributed by atoms with van der Waals surface area (Å²) in [5.41, 5.74) is 2.90. The van der Waals surface area contributed by atoms with E-state index in [1.165, 1.54) is 0 Å². The minimum absolute atomic E-state index is 0.0876. The first-order valence-electron chi connectivity index (χ1n) is 8.02. The van der Waals surface area contributed by atoms with Gasteiger partial charge in [-0.05, 0) is 30.7 Å². The van der Waals surface area contributed by atoms with E-state index in [-0.39, 0.29) is 5.91 Å². The fourth-order valence-electron chi connectivity index (χ4n) is 2.90. The maximum absolute atomic E-state index is 13.1. The van der Waals surface area contributed by atoms with Crippen LogP contribution in [-0.4, -0.2) is 27.7 Å². The second kappa shape index (κ2) is 6.24. The highest BCUT2D eigenvalue weighted by atomic mass is 32.2. The average molecular weight is 335 g/mol. The Balaban J connectivity index is 1.75. The summed E-state index contributed by atoms with van der Waals surface area (Å²) in [6.07, 6.45) is 2.53. The second-order valence-electron chi connectivity index (χ2n) is 5.89. The van der Waals surface area contributed by atoms with Gasteiger partial charge in [-0.3, -0.25) is 9.78 Å². The van der Waals surface area contributed by atoms with Crippen LogP contribution in [0, 0.1) is 0 Å². The van der Waals surface area contributed by atoms with Gasteiger partial charge in [0.25, 0.3) is 5.91 Å². The lowest BCUT2D eigenvalue weighted by Gasteiger charge is -2.22. The van der Waals surface area contributed by atoms with E-state index in [4.69, 9.17) is 0 Å². The average Bonchev–Trinajstić information content (AvgIpc) is 2.79. The van der Waals surface area contributed by atoms with Crippen LogP contribution in [0.5, 0.6) is 0 Å². The molecule has 1 atom stereocenters. The van der Waals surface area contributed by atoms with E-state index in [0.717, 1.165) is 28.0 Å². The molecule has 0 saturated carbocycles. The Labute approximate surface area is 144 Å². The molecule has 4 rings (SSSR count). The molecule has 1 aromatic heterocycles. The van der Waals surface area contributed by atoms with Gasteiger partial charge in [0, 0.05) is 16.7 Å². The topological polar surface area (TPSA) is 46.1 Å².